The smallest absolute Gasteiger partial charge is 0.222 e. The molecule has 1 heterocycles. The van der Waals surface area contributed by atoms with Crippen molar-refractivity contribution in [2.45, 2.75) is 45.6 Å². The van der Waals surface area contributed by atoms with E-state index in [0.717, 1.165) is 22.6 Å². The van der Waals surface area contributed by atoms with E-state index in [1.165, 1.54) is 5.56 Å². The summed E-state index contributed by atoms with van der Waals surface area (Å²) in [5.74, 6) is 1.43. The fourth-order valence-corrected chi connectivity index (χ4v) is 4.20. The molecule has 0 saturated carbocycles. The standard InChI is InChI=1S/C31H37N3O3/c1-31(2,3)36-23-26(35)21-34(20-24-14-8-5-9-15-24)22-28-29(25-16-10-6-11-17-25)32-33(4)30(28)37-27-18-12-7-13-19-27/h5-19,26,35H,20-23H2,1-4H3/t26-/m1/s1. The van der Waals surface area contributed by atoms with Crippen LogP contribution in [0.25, 0.3) is 11.3 Å². The first-order valence-electron chi connectivity index (χ1n) is 12.7. The van der Waals surface area contributed by atoms with Crippen molar-refractivity contribution in [1.82, 2.24) is 14.7 Å². The van der Waals surface area contributed by atoms with E-state index < -0.39 is 6.10 Å². The summed E-state index contributed by atoms with van der Waals surface area (Å²) in [6.45, 7) is 7.91. The predicted octanol–water partition coefficient (Wildman–Crippen LogP) is 6.06. The number of aliphatic hydroxyl groups excluding tert-OH is 1. The van der Waals surface area contributed by atoms with Gasteiger partial charge in [-0.2, -0.15) is 5.10 Å². The first-order chi connectivity index (χ1) is 17.8. The molecule has 0 spiro atoms. The van der Waals surface area contributed by atoms with Crippen LogP contribution >= 0.6 is 0 Å². The van der Waals surface area contributed by atoms with Gasteiger partial charge in [0, 0.05) is 32.2 Å². The van der Waals surface area contributed by atoms with Gasteiger partial charge in [0.25, 0.3) is 0 Å². The van der Waals surface area contributed by atoms with Gasteiger partial charge in [-0.3, -0.25) is 4.90 Å². The number of aliphatic hydroxyl groups is 1. The minimum atomic E-state index is -0.640. The molecule has 6 nitrogen and oxygen atoms in total. The molecule has 1 aromatic heterocycles. The molecule has 3 aromatic carbocycles. The summed E-state index contributed by atoms with van der Waals surface area (Å²) in [7, 11) is 1.90. The van der Waals surface area contributed by atoms with Crippen molar-refractivity contribution in [2.24, 2.45) is 7.05 Å². The summed E-state index contributed by atoms with van der Waals surface area (Å²) >= 11 is 0. The second kappa shape index (κ2) is 12.2. The summed E-state index contributed by atoms with van der Waals surface area (Å²) < 4.78 is 14.0. The van der Waals surface area contributed by atoms with Crippen LogP contribution in [0.1, 0.15) is 31.9 Å². The normalized spacial score (nSPS) is 12.6. The van der Waals surface area contributed by atoms with Gasteiger partial charge >= 0.3 is 0 Å². The van der Waals surface area contributed by atoms with Crippen molar-refractivity contribution in [3.63, 3.8) is 0 Å². The minimum Gasteiger partial charge on any atom is -0.439 e. The maximum atomic E-state index is 10.9. The van der Waals surface area contributed by atoms with Crippen LogP contribution < -0.4 is 4.74 Å². The van der Waals surface area contributed by atoms with Gasteiger partial charge in [0.2, 0.25) is 5.88 Å². The Morgan fingerprint density at radius 3 is 2.08 bits per heavy atom. The Morgan fingerprint density at radius 2 is 1.46 bits per heavy atom. The van der Waals surface area contributed by atoms with Gasteiger partial charge in [0.15, 0.2) is 0 Å². The molecule has 6 heteroatoms. The average Bonchev–Trinajstić information content (AvgIpc) is 3.19. The molecule has 0 unspecified atom stereocenters. The van der Waals surface area contributed by atoms with E-state index in [1.54, 1.807) is 4.68 Å². The van der Waals surface area contributed by atoms with E-state index in [4.69, 9.17) is 14.6 Å². The third-order valence-corrected chi connectivity index (χ3v) is 5.90. The Bertz CT molecular complexity index is 1240. The van der Waals surface area contributed by atoms with Gasteiger partial charge in [-0.15, -0.1) is 0 Å². The SMILES string of the molecule is Cn1nc(-c2ccccc2)c(CN(Cc2ccccc2)C[C@@H](O)COC(C)(C)C)c1Oc1ccccc1. The summed E-state index contributed by atoms with van der Waals surface area (Å²) in [6.07, 6.45) is -0.640. The second-order valence-corrected chi connectivity index (χ2v) is 10.3. The van der Waals surface area contributed by atoms with Crippen LogP contribution in [-0.4, -0.2) is 44.6 Å². The quantitative estimate of drug-likeness (QED) is 0.272. The average molecular weight is 500 g/mol. The Hall–Kier alpha value is -3.45. The Labute approximate surface area is 220 Å². The van der Waals surface area contributed by atoms with Crippen molar-refractivity contribution >= 4 is 0 Å². The molecular weight excluding hydrogens is 462 g/mol. The lowest BCUT2D eigenvalue weighted by Gasteiger charge is -2.28. The van der Waals surface area contributed by atoms with Crippen LogP contribution in [0.2, 0.25) is 0 Å². The van der Waals surface area contributed by atoms with E-state index in [2.05, 4.69) is 29.2 Å². The number of aromatic nitrogens is 2. The zero-order chi connectivity index (χ0) is 26.3. The number of benzene rings is 3. The third-order valence-electron chi connectivity index (χ3n) is 5.90. The topological polar surface area (TPSA) is 59.8 Å². The van der Waals surface area contributed by atoms with Crippen molar-refractivity contribution < 1.29 is 14.6 Å². The molecule has 0 aliphatic carbocycles. The van der Waals surface area contributed by atoms with Crippen molar-refractivity contribution in [3.8, 4) is 22.9 Å². The number of aryl methyl sites for hydroxylation is 1. The maximum Gasteiger partial charge on any atom is 0.222 e. The number of ether oxygens (including phenoxy) is 2. The highest BCUT2D eigenvalue weighted by atomic mass is 16.5. The van der Waals surface area contributed by atoms with Crippen molar-refractivity contribution in [1.29, 1.82) is 0 Å². The molecule has 0 saturated heterocycles. The maximum absolute atomic E-state index is 10.9. The van der Waals surface area contributed by atoms with Crippen LogP contribution in [0.4, 0.5) is 0 Å². The largest absolute Gasteiger partial charge is 0.439 e. The van der Waals surface area contributed by atoms with Gasteiger partial charge in [-0.1, -0.05) is 78.9 Å². The zero-order valence-electron chi connectivity index (χ0n) is 22.2. The third kappa shape index (κ3) is 7.76. The van der Waals surface area contributed by atoms with Crippen LogP contribution in [0.3, 0.4) is 0 Å². The highest BCUT2D eigenvalue weighted by Gasteiger charge is 2.24. The molecule has 0 aliphatic rings. The molecular formula is C31H37N3O3. The van der Waals surface area contributed by atoms with Crippen LogP contribution in [0.5, 0.6) is 11.6 Å². The summed E-state index contributed by atoms with van der Waals surface area (Å²) in [5, 5.41) is 15.8. The highest BCUT2D eigenvalue weighted by molar-refractivity contribution is 5.65. The van der Waals surface area contributed by atoms with Crippen molar-refractivity contribution in [3.05, 3.63) is 102 Å². The van der Waals surface area contributed by atoms with Crippen molar-refractivity contribution in [2.75, 3.05) is 13.2 Å². The minimum absolute atomic E-state index is 0.265. The van der Waals surface area contributed by atoms with E-state index in [-0.39, 0.29) is 12.2 Å². The monoisotopic (exact) mass is 499 g/mol. The molecule has 37 heavy (non-hydrogen) atoms. The van der Waals surface area contributed by atoms with Crippen LogP contribution in [0.15, 0.2) is 91.0 Å². The van der Waals surface area contributed by atoms with Gasteiger partial charge in [0.05, 0.1) is 23.9 Å². The molecule has 194 valence electrons. The number of para-hydroxylation sites is 1. The second-order valence-electron chi connectivity index (χ2n) is 10.3. The molecule has 0 amide bonds. The molecule has 0 bridgehead atoms. The first-order valence-corrected chi connectivity index (χ1v) is 12.7. The van der Waals surface area contributed by atoms with E-state index >= 15 is 0 Å². The number of rotatable bonds is 11. The zero-order valence-corrected chi connectivity index (χ0v) is 22.2. The fraction of sp³-hybridized carbons (Fsp3) is 0.323. The molecule has 0 aliphatic heterocycles. The Morgan fingerprint density at radius 1 is 0.865 bits per heavy atom. The van der Waals surface area contributed by atoms with Gasteiger partial charge in [-0.25, -0.2) is 4.68 Å². The molecule has 1 atom stereocenters. The van der Waals surface area contributed by atoms with E-state index in [1.807, 2.05) is 94.5 Å². The lowest BCUT2D eigenvalue weighted by molar-refractivity contribution is -0.0573. The Kier molecular flexibility index (Phi) is 8.77. The lowest BCUT2D eigenvalue weighted by Crippen LogP contribution is -2.36. The van der Waals surface area contributed by atoms with Gasteiger partial charge < -0.3 is 14.6 Å². The molecule has 1 N–H and O–H groups in total. The van der Waals surface area contributed by atoms with E-state index in [9.17, 15) is 5.11 Å². The highest BCUT2D eigenvalue weighted by Crippen LogP contribution is 2.34. The number of nitrogens with zero attached hydrogens (tertiary/aromatic N) is 3. The summed E-state index contributed by atoms with van der Waals surface area (Å²) in [6, 6.07) is 30.2. The fourth-order valence-electron chi connectivity index (χ4n) is 4.20. The molecule has 0 radical (unpaired) electrons. The molecule has 4 aromatic rings. The molecule has 4 rings (SSSR count). The van der Waals surface area contributed by atoms with Gasteiger partial charge in [0.1, 0.15) is 11.4 Å². The van der Waals surface area contributed by atoms with Gasteiger partial charge in [-0.05, 0) is 38.5 Å². The summed E-state index contributed by atoms with van der Waals surface area (Å²) in [5.41, 5.74) is 3.71. The van der Waals surface area contributed by atoms with E-state index in [0.29, 0.717) is 25.5 Å². The van der Waals surface area contributed by atoms with Crippen LogP contribution in [0, 0.1) is 0 Å². The number of hydrogen-bond acceptors (Lipinski definition) is 5. The Balaban J connectivity index is 1.68. The predicted molar refractivity (Wildman–Crippen MR) is 147 cm³/mol. The number of hydrogen-bond donors (Lipinski definition) is 1. The summed E-state index contributed by atoms with van der Waals surface area (Å²) in [4.78, 5) is 2.23. The molecule has 0 fully saturated rings. The van der Waals surface area contributed by atoms with Crippen LogP contribution in [-0.2, 0) is 24.9 Å². The lowest BCUT2D eigenvalue weighted by atomic mass is 10.1. The first kappa shape index (κ1) is 26.6.